The number of carbonyl (C=O) groups excluding carboxylic acids is 2. The van der Waals surface area contributed by atoms with Crippen molar-refractivity contribution in [1.82, 2.24) is 10.6 Å². The van der Waals surface area contributed by atoms with Crippen LogP contribution in [0.2, 0.25) is 0 Å². The molecule has 2 N–H and O–H groups in total. The zero-order chi connectivity index (χ0) is 19.1. The fourth-order valence-corrected chi connectivity index (χ4v) is 3.48. The molecule has 1 aliphatic carbocycles. The molecule has 0 spiro atoms. The van der Waals surface area contributed by atoms with E-state index in [1.165, 1.54) is 6.42 Å². The minimum atomic E-state index is -0.270. The van der Waals surface area contributed by atoms with E-state index in [4.69, 9.17) is 4.74 Å². The topological polar surface area (TPSA) is 67.4 Å². The number of benzene rings is 2. The molecule has 0 unspecified atom stereocenters. The SMILES string of the molecule is COc1ccc(C(=O)NCC(=O)NC2CCCCC2)cc1-c1ccccc1. The van der Waals surface area contributed by atoms with Crippen molar-refractivity contribution in [1.29, 1.82) is 0 Å². The first-order chi connectivity index (χ1) is 13.2. The van der Waals surface area contributed by atoms with Gasteiger partial charge >= 0.3 is 0 Å². The van der Waals surface area contributed by atoms with Gasteiger partial charge < -0.3 is 15.4 Å². The molecule has 1 aliphatic rings. The molecule has 0 bridgehead atoms. The van der Waals surface area contributed by atoms with Crippen LogP contribution in [0.3, 0.4) is 0 Å². The van der Waals surface area contributed by atoms with Gasteiger partial charge in [0.15, 0.2) is 0 Å². The molecule has 0 heterocycles. The third kappa shape index (κ3) is 5.09. The van der Waals surface area contributed by atoms with Gasteiger partial charge in [0.25, 0.3) is 5.91 Å². The molecule has 2 aromatic rings. The Balaban J connectivity index is 1.63. The van der Waals surface area contributed by atoms with Gasteiger partial charge in [0, 0.05) is 17.2 Å². The van der Waals surface area contributed by atoms with Gasteiger partial charge in [-0.05, 0) is 36.6 Å². The Kier molecular flexibility index (Phi) is 6.47. The summed E-state index contributed by atoms with van der Waals surface area (Å²) >= 11 is 0. The van der Waals surface area contributed by atoms with Gasteiger partial charge in [-0.25, -0.2) is 0 Å². The van der Waals surface area contributed by atoms with Crippen molar-refractivity contribution in [2.45, 2.75) is 38.1 Å². The maximum atomic E-state index is 12.5. The van der Waals surface area contributed by atoms with E-state index >= 15 is 0 Å². The molecule has 5 heteroatoms. The van der Waals surface area contributed by atoms with Crippen LogP contribution < -0.4 is 15.4 Å². The van der Waals surface area contributed by atoms with Crippen molar-refractivity contribution in [3.05, 3.63) is 54.1 Å². The number of hydrogen-bond donors (Lipinski definition) is 2. The van der Waals surface area contributed by atoms with Crippen molar-refractivity contribution in [3.8, 4) is 16.9 Å². The van der Waals surface area contributed by atoms with E-state index < -0.39 is 0 Å². The van der Waals surface area contributed by atoms with Crippen LogP contribution in [0.15, 0.2) is 48.5 Å². The molecular formula is C22H26N2O3. The van der Waals surface area contributed by atoms with Crippen LogP contribution >= 0.6 is 0 Å². The number of hydrogen-bond acceptors (Lipinski definition) is 3. The molecular weight excluding hydrogens is 340 g/mol. The van der Waals surface area contributed by atoms with Crippen LogP contribution in [0.4, 0.5) is 0 Å². The molecule has 1 fully saturated rings. The lowest BCUT2D eigenvalue weighted by Crippen LogP contribution is -2.42. The van der Waals surface area contributed by atoms with E-state index in [-0.39, 0.29) is 24.4 Å². The summed E-state index contributed by atoms with van der Waals surface area (Å²) in [7, 11) is 1.61. The fourth-order valence-electron chi connectivity index (χ4n) is 3.48. The molecule has 0 saturated heterocycles. The molecule has 0 aromatic heterocycles. The minimum absolute atomic E-state index is 0.0119. The van der Waals surface area contributed by atoms with Crippen LogP contribution in [0, 0.1) is 0 Å². The zero-order valence-electron chi connectivity index (χ0n) is 15.7. The van der Waals surface area contributed by atoms with Gasteiger partial charge in [-0.3, -0.25) is 9.59 Å². The summed E-state index contributed by atoms with van der Waals surface area (Å²) in [6.45, 7) is -0.0119. The zero-order valence-corrected chi connectivity index (χ0v) is 15.7. The number of nitrogens with one attached hydrogen (secondary N) is 2. The Morgan fingerprint density at radius 3 is 2.48 bits per heavy atom. The van der Waals surface area contributed by atoms with E-state index in [0.29, 0.717) is 11.3 Å². The van der Waals surface area contributed by atoms with Crippen molar-refractivity contribution in [3.63, 3.8) is 0 Å². The van der Waals surface area contributed by atoms with Gasteiger partial charge in [0.05, 0.1) is 13.7 Å². The Labute approximate surface area is 160 Å². The average Bonchev–Trinajstić information content (AvgIpc) is 2.73. The van der Waals surface area contributed by atoms with Gasteiger partial charge in [-0.2, -0.15) is 0 Å². The highest BCUT2D eigenvalue weighted by Crippen LogP contribution is 2.30. The molecule has 0 atom stereocenters. The number of amides is 2. The van der Waals surface area contributed by atoms with E-state index in [2.05, 4.69) is 10.6 Å². The summed E-state index contributed by atoms with van der Waals surface area (Å²) < 4.78 is 5.42. The highest BCUT2D eigenvalue weighted by Gasteiger charge is 2.17. The average molecular weight is 366 g/mol. The van der Waals surface area contributed by atoms with Crippen LogP contribution in [0.1, 0.15) is 42.5 Å². The maximum absolute atomic E-state index is 12.5. The Morgan fingerprint density at radius 1 is 1.04 bits per heavy atom. The van der Waals surface area contributed by atoms with Gasteiger partial charge in [-0.15, -0.1) is 0 Å². The molecule has 27 heavy (non-hydrogen) atoms. The smallest absolute Gasteiger partial charge is 0.251 e. The van der Waals surface area contributed by atoms with Gasteiger partial charge in [0.1, 0.15) is 5.75 Å². The Morgan fingerprint density at radius 2 is 1.78 bits per heavy atom. The Hall–Kier alpha value is -2.82. The first kappa shape index (κ1) is 19.0. The molecule has 0 aliphatic heterocycles. The molecule has 3 rings (SSSR count). The summed E-state index contributed by atoms with van der Waals surface area (Å²) in [6, 6.07) is 15.3. The van der Waals surface area contributed by atoms with Gasteiger partial charge in [-0.1, -0.05) is 49.6 Å². The van der Waals surface area contributed by atoms with Crippen LogP contribution in [0.25, 0.3) is 11.1 Å². The molecule has 2 aromatic carbocycles. The second-order valence-corrected chi connectivity index (χ2v) is 6.87. The monoisotopic (exact) mass is 366 g/mol. The summed E-state index contributed by atoms with van der Waals surface area (Å²) in [5.41, 5.74) is 2.32. The molecule has 1 saturated carbocycles. The van der Waals surface area contributed by atoms with Crippen LogP contribution in [0.5, 0.6) is 5.75 Å². The third-order valence-electron chi connectivity index (χ3n) is 4.93. The Bertz CT molecular complexity index is 783. The van der Waals surface area contributed by atoms with E-state index in [1.54, 1.807) is 25.3 Å². The van der Waals surface area contributed by atoms with E-state index in [0.717, 1.165) is 36.8 Å². The molecule has 2 amide bonds. The largest absolute Gasteiger partial charge is 0.496 e. The van der Waals surface area contributed by atoms with E-state index in [1.807, 2.05) is 30.3 Å². The summed E-state index contributed by atoms with van der Waals surface area (Å²) in [6.07, 6.45) is 5.61. The third-order valence-corrected chi connectivity index (χ3v) is 4.93. The summed E-state index contributed by atoms with van der Waals surface area (Å²) in [4.78, 5) is 24.6. The first-order valence-electron chi connectivity index (χ1n) is 9.48. The molecule has 5 nitrogen and oxygen atoms in total. The predicted molar refractivity (Wildman–Crippen MR) is 106 cm³/mol. The first-order valence-corrected chi connectivity index (χ1v) is 9.48. The van der Waals surface area contributed by atoms with Crippen LogP contribution in [-0.4, -0.2) is 31.5 Å². The molecule has 0 radical (unpaired) electrons. The quantitative estimate of drug-likeness (QED) is 0.822. The molecule has 142 valence electrons. The second kappa shape index (κ2) is 9.21. The number of ether oxygens (including phenoxy) is 1. The maximum Gasteiger partial charge on any atom is 0.251 e. The van der Waals surface area contributed by atoms with Crippen molar-refractivity contribution in [2.24, 2.45) is 0 Å². The highest BCUT2D eigenvalue weighted by molar-refractivity contribution is 5.98. The summed E-state index contributed by atoms with van der Waals surface area (Å²) in [5, 5.41) is 5.72. The normalized spacial score (nSPS) is 14.4. The standard InChI is InChI=1S/C22H26N2O3/c1-27-20-13-12-17(14-19(20)16-8-4-2-5-9-16)22(26)23-15-21(25)24-18-10-6-3-7-11-18/h2,4-5,8-9,12-14,18H,3,6-7,10-11,15H2,1H3,(H,23,26)(H,24,25). The fraction of sp³-hybridized carbons (Fsp3) is 0.364. The van der Waals surface area contributed by atoms with Crippen molar-refractivity contribution < 1.29 is 14.3 Å². The van der Waals surface area contributed by atoms with Gasteiger partial charge in [0.2, 0.25) is 5.91 Å². The summed E-state index contributed by atoms with van der Waals surface area (Å²) in [5.74, 6) is 0.300. The highest BCUT2D eigenvalue weighted by atomic mass is 16.5. The number of carbonyl (C=O) groups is 2. The minimum Gasteiger partial charge on any atom is -0.496 e. The lowest BCUT2D eigenvalue weighted by molar-refractivity contribution is -0.121. The number of rotatable bonds is 6. The van der Waals surface area contributed by atoms with Crippen LogP contribution in [-0.2, 0) is 4.79 Å². The lowest BCUT2D eigenvalue weighted by atomic mass is 9.95. The second-order valence-electron chi connectivity index (χ2n) is 6.87. The van der Waals surface area contributed by atoms with E-state index in [9.17, 15) is 9.59 Å². The number of methoxy groups -OCH3 is 1. The van der Waals surface area contributed by atoms with Crippen molar-refractivity contribution in [2.75, 3.05) is 13.7 Å². The van der Waals surface area contributed by atoms with Crippen molar-refractivity contribution >= 4 is 11.8 Å². The lowest BCUT2D eigenvalue weighted by Gasteiger charge is -2.22. The predicted octanol–water partition coefficient (Wildman–Crippen LogP) is 3.54.